The van der Waals surface area contributed by atoms with Crippen molar-refractivity contribution in [2.24, 2.45) is 0 Å². The highest BCUT2D eigenvalue weighted by atomic mass is 32.2. The fourth-order valence-corrected chi connectivity index (χ4v) is 3.75. The van der Waals surface area contributed by atoms with Gasteiger partial charge in [0.1, 0.15) is 5.00 Å². The van der Waals surface area contributed by atoms with Crippen LogP contribution in [-0.2, 0) is 10.0 Å². The molecule has 1 fully saturated rings. The molecule has 2 amide bonds. The van der Waals surface area contributed by atoms with E-state index in [1.807, 2.05) is 0 Å². The summed E-state index contributed by atoms with van der Waals surface area (Å²) in [5.41, 5.74) is 0. The summed E-state index contributed by atoms with van der Waals surface area (Å²) < 4.78 is 28.8. The Morgan fingerprint density at radius 3 is 2.71 bits per heavy atom. The number of anilines is 1. The zero-order valence-electron chi connectivity index (χ0n) is 12.0. The van der Waals surface area contributed by atoms with Crippen LogP contribution in [0.2, 0.25) is 0 Å². The van der Waals surface area contributed by atoms with Crippen molar-refractivity contribution in [1.29, 1.82) is 0 Å². The summed E-state index contributed by atoms with van der Waals surface area (Å²) in [6.45, 7) is 2.70. The number of urea groups is 1. The van der Waals surface area contributed by atoms with Gasteiger partial charge in [-0.05, 0) is 19.8 Å². The Hall–Kier alpha value is -1.26. The molecule has 8 nitrogen and oxygen atoms in total. The lowest BCUT2D eigenvalue weighted by atomic mass is 10.1. The van der Waals surface area contributed by atoms with E-state index in [1.165, 1.54) is 10.5 Å². The highest BCUT2D eigenvalue weighted by Gasteiger charge is 2.30. The summed E-state index contributed by atoms with van der Waals surface area (Å²) in [4.78, 5) is 13.7. The third-order valence-corrected chi connectivity index (χ3v) is 6.15. The third-order valence-electron chi connectivity index (χ3n) is 3.66. The first kappa shape index (κ1) is 16.1. The molecule has 1 aliphatic heterocycles. The van der Waals surface area contributed by atoms with Crippen molar-refractivity contribution < 1.29 is 13.2 Å². The van der Waals surface area contributed by atoms with E-state index in [0.29, 0.717) is 30.9 Å². The van der Waals surface area contributed by atoms with Crippen LogP contribution in [0.3, 0.4) is 0 Å². The number of likely N-dealkylation sites (tertiary alicyclic amines) is 1. The van der Waals surface area contributed by atoms with Crippen molar-refractivity contribution >= 4 is 32.6 Å². The minimum atomic E-state index is -3.18. The zero-order chi connectivity index (χ0) is 15.5. The molecule has 0 bridgehead atoms. The van der Waals surface area contributed by atoms with Crippen LogP contribution in [0.15, 0.2) is 6.20 Å². The predicted molar refractivity (Wildman–Crippen MR) is 80.7 cm³/mol. The number of carbonyl (C=O) groups is 1. The van der Waals surface area contributed by atoms with Gasteiger partial charge in [0.15, 0.2) is 0 Å². The Labute approximate surface area is 128 Å². The molecule has 1 aromatic rings. The number of nitrogens with one attached hydrogen (secondary N) is 1. The monoisotopic (exact) mass is 333 g/mol. The first-order valence-corrected chi connectivity index (χ1v) is 9.11. The third kappa shape index (κ3) is 3.89. The molecule has 1 N–H and O–H groups in total. The van der Waals surface area contributed by atoms with E-state index >= 15 is 0 Å². The summed E-state index contributed by atoms with van der Waals surface area (Å²) in [6, 6.07) is -0.232. The second kappa shape index (κ2) is 6.67. The van der Waals surface area contributed by atoms with Gasteiger partial charge in [-0.15, -0.1) is 5.10 Å². The molecular formula is C11H19N5O3S2. The number of hydrogen-bond donors (Lipinski definition) is 1. The lowest BCUT2D eigenvalue weighted by molar-refractivity contribution is 0.175. The second-order valence-electron chi connectivity index (χ2n) is 4.85. The first-order valence-electron chi connectivity index (χ1n) is 6.73. The van der Waals surface area contributed by atoms with Crippen molar-refractivity contribution in [2.45, 2.75) is 25.8 Å². The molecule has 21 heavy (non-hydrogen) atoms. The van der Waals surface area contributed by atoms with Crippen molar-refractivity contribution in [3.63, 3.8) is 0 Å². The molecule has 118 valence electrons. The minimum Gasteiger partial charge on any atom is -0.324 e. The van der Waals surface area contributed by atoms with Crippen molar-refractivity contribution in [3.05, 3.63) is 6.20 Å². The van der Waals surface area contributed by atoms with Gasteiger partial charge in [0.2, 0.25) is 10.0 Å². The molecular weight excluding hydrogens is 314 g/mol. The Bertz CT molecular complexity index is 567. The summed E-state index contributed by atoms with van der Waals surface area (Å²) in [7, 11) is -1.56. The number of sulfonamides is 1. The number of piperidine rings is 1. The van der Waals surface area contributed by atoms with Gasteiger partial charge in [-0.1, -0.05) is 4.49 Å². The molecule has 2 heterocycles. The van der Waals surface area contributed by atoms with Crippen LogP contribution >= 0.6 is 11.5 Å². The molecule has 0 saturated carbocycles. The Morgan fingerprint density at radius 2 is 2.19 bits per heavy atom. The van der Waals surface area contributed by atoms with Crippen LogP contribution in [0.4, 0.5) is 9.80 Å². The lowest BCUT2D eigenvalue weighted by Crippen LogP contribution is -2.48. The minimum absolute atomic E-state index is 0.0379. The predicted octanol–water partition coefficient (Wildman–Crippen LogP) is 0.816. The molecule has 1 saturated heterocycles. The number of aromatic nitrogens is 2. The van der Waals surface area contributed by atoms with E-state index in [4.69, 9.17) is 0 Å². The highest BCUT2D eigenvalue weighted by molar-refractivity contribution is 7.89. The Morgan fingerprint density at radius 1 is 1.52 bits per heavy atom. The zero-order valence-corrected chi connectivity index (χ0v) is 13.7. The molecule has 1 aromatic heterocycles. The van der Waals surface area contributed by atoms with Gasteiger partial charge in [-0.25, -0.2) is 17.5 Å². The molecule has 0 atom stereocenters. The Kier molecular flexibility index (Phi) is 5.12. The molecule has 0 unspecified atom stereocenters. The molecule has 1 aliphatic rings. The standard InChI is InChI=1S/C11H19N5O3S2/c1-3-21(18,19)15(2)9-4-6-16(7-5-9)11(17)13-10-8-12-14-20-10/h8-9H,3-7H2,1-2H3,(H,13,17). The highest BCUT2D eigenvalue weighted by Crippen LogP contribution is 2.19. The van der Waals surface area contributed by atoms with E-state index < -0.39 is 10.0 Å². The van der Waals surface area contributed by atoms with Gasteiger partial charge in [0.05, 0.1) is 11.9 Å². The van der Waals surface area contributed by atoms with E-state index in [0.717, 1.165) is 11.5 Å². The van der Waals surface area contributed by atoms with Gasteiger partial charge >= 0.3 is 6.03 Å². The molecule has 0 aliphatic carbocycles. The number of carbonyl (C=O) groups excluding carboxylic acids is 1. The van der Waals surface area contributed by atoms with Crippen molar-refractivity contribution in [2.75, 3.05) is 31.2 Å². The van der Waals surface area contributed by atoms with Crippen molar-refractivity contribution in [1.82, 2.24) is 18.8 Å². The summed E-state index contributed by atoms with van der Waals surface area (Å²) in [5.74, 6) is 0.0998. The number of nitrogens with zero attached hydrogens (tertiary/aromatic N) is 4. The largest absolute Gasteiger partial charge is 0.324 e. The molecule has 2 rings (SSSR count). The van der Waals surface area contributed by atoms with E-state index in [2.05, 4.69) is 14.9 Å². The Balaban J connectivity index is 1.87. The number of rotatable bonds is 4. The second-order valence-corrected chi connectivity index (χ2v) is 7.95. The quantitative estimate of drug-likeness (QED) is 0.880. The average Bonchev–Trinajstić information content (AvgIpc) is 2.99. The molecule has 0 aromatic carbocycles. The van der Waals surface area contributed by atoms with Crippen LogP contribution in [0.5, 0.6) is 0 Å². The summed E-state index contributed by atoms with van der Waals surface area (Å²) in [6.07, 6.45) is 2.78. The van der Waals surface area contributed by atoms with Gasteiger partial charge in [-0.2, -0.15) is 0 Å². The SMILES string of the molecule is CCS(=O)(=O)N(C)C1CCN(C(=O)Nc2cnns2)CC1. The summed E-state index contributed by atoms with van der Waals surface area (Å²) >= 11 is 1.12. The number of amides is 2. The maximum Gasteiger partial charge on any atom is 0.322 e. The van der Waals surface area contributed by atoms with Crippen molar-refractivity contribution in [3.8, 4) is 0 Å². The molecule has 0 radical (unpaired) electrons. The van der Waals surface area contributed by atoms with Crippen LogP contribution in [0.1, 0.15) is 19.8 Å². The topological polar surface area (TPSA) is 95.5 Å². The summed E-state index contributed by atoms with van der Waals surface area (Å²) in [5, 5.41) is 6.98. The first-order chi connectivity index (χ1) is 9.94. The maximum atomic E-state index is 12.0. The maximum absolute atomic E-state index is 12.0. The van der Waals surface area contributed by atoms with Crippen LogP contribution in [-0.4, -0.2) is 65.2 Å². The average molecular weight is 333 g/mol. The van der Waals surface area contributed by atoms with Gasteiger partial charge < -0.3 is 4.90 Å². The lowest BCUT2D eigenvalue weighted by Gasteiger charge is -2.35. The fourth-order valence-electron chi connectivity index (χ4n) is 2.27. The van der Waals surface area contributed by atoms with E-state index in [9.17, 15) is 13.2 Å². The van der Waals surface area contributed by atoms with Crippen LogP contribution < -0.4 is 5.32 Å². The van der Waals surface area contributed by atoms with E-state index in [1.54, 1.807) is 18.9 Å². The van der Waals surface area contributed by atoms with Gasteiger partial charge in [0, 0.05) is 37.7 Å². The fraction of sp³-hybridized carbons (Fsp3) is 0.727. The van der Waals surface area contributed by atoms with Gasteiger partial charge in [0.25, 0.3) is 0 Å². The molecule has 10 heteroatoms. The van der Waals surface area contributed by atoms with Crippen LogP contribution in [0.25, 0.3) is 0 Å². The smallest absolute Gasteiger partial charge is 0.322 e. The number of hydrogen-bond acceptors (Lipinski definition) is 6. The molecule has 0 spiro atoms. The normalized spacial score (nSPS) is 17.2. The van der Waals surface area contributed by atoms with Crippen LogP contribution in [0, 0.1) is 0 Å². The van der Waals surface area contributed by atoms with Gasteiger partial charge in [-0.3, -0.25) is 5.32 Å². The van der Waals surface area contributed by atoms with E-state index in [-0.39, 0.29) is 17.8 Å².